The molecule has 1 rings (SSSR count). The van der Waals surface area contributed by atoms with Crippen LogP contribution in [0.1, 0.15) is 31.1 Å². The second-order valence-electron chi connectivity index (χ2n) is 4.08. The van der Waals surface area contributed by atoms with Crippen molar-refractivity contribution in [1.29, 1.82) is 0 Å². The van der Waals surface area contributed by atoms with Gasteiger partial charge in [-0.05, 0) is 24.9 Å². The molecule has 0 aliphatic heterocycles. The molecule has 0 fully saturated rings. The van der Waals surface area contributed by atoms with Crippen LogP contribution in [0.2, 0.25) is 0 Å². The molecule has 1 aromatic heterocycles. The fourth-order valence-electron chi connectivity index (χ4n) is 1.46. The molecule has 0 saturated carbocycles. The lowest BCUT2D eigenvalue weighted by Gasteiger charge is -2.12. The average molecular weight is 284 g/mol. The molecule has 2 N–H and O–H groups in total. The lowest BCUT2D eigenvalue weighted by Crippen LogP contribution is -2.30. The second-order valence-corrected chi connectivity index (χ2v) is 5.00. The number of carbonyl (C=O) groups excluding carboxylic acids is 2. The number of anilines is 1. The van der Waals surface area contributed by atoms with Crippen molar-refractivity contribution in [3.8, 4) is 0 Å². The minimum Gasteiger partial charge on any atom is -0.462 e. The molecule has 0 aliphatic carbocycles. The summed E-state index contributed by atoms with van der Waals surface area (Å²) in [7, 11) is 0. The van der Waals surface area contributed by atoms with Crippen LogP contribution in [0.3, 0.4) is 0 Å². The van der Waals surface area contributed by atoms with E-state index < -0.39 is 5.97 Å². The number of nitrogens with one attached hydrogen (secondary N) is 2. The molecular weight excluding hydrogens is 264 g/mol. The number of thiophene rings is 1. The van der Waals surface area contributed by atoms with Crippen LogP contribution in [0, 0.1) is 5.92 Å². The molecule has 19 heavy (non-hydrogen) atoms. The Hall–Kier alpha value is -1.40. The Morgan fingerprint density at radius 1 is 1.42 bits per heavy atom. The highest BCUT2D eigenvalue weighted by Gasteiger charge is 2.18. The monoisotopic (exact) mass is 284 g/mol. The summed E-state index contributed by atoms with van der Waals surface area (Å²) in [6, 6.07) is 1.66. The molecule has 0 spiro atoms. The van der Waals surface area contributed by atoms with Gasteiger partial charge in [0.1, 0.15) is 5.00 Å². The zero-order chi connectivity index (χ0) is 14.3. The van der Waals surface area contributed by atoms with E-state index in [4.69, 9.17) is 4.74 Å². The zero-order valence-corrected chi connectivity index (χ0v) is 12.3. The summed E-state index contributed by atoms with van der Waals surface area (Å²) in [5.41, 5.74) is 0.413. The van der Waals surface area contributed by atoms with Crippen molar-refractivity contribution >= 4 is 28.2 Å². The minimum atomic E-state index is -0.404. The molecule has 6 heteroatoms. The average Bonchev–Trinajstić information content (AvgIpc) is 2.84. The normalized spacial score (nSPS) is 11.9. The predicted molar refractivity (Wildman–Crippen MR) is 76.6 cm³/mol. The van der Waals surface area contributed by atoms with Gasteiger partial charge in [0.25, 0.3) is 0 Å². The van der Waals surface area contributed by atoms with Crippen LogP contribution in [-0.2, 0) is 9.53 Å². The predicted octanol–water partition coefficient (Wildman–Crippen LogP) is 2.11. The van der Waals surface area contributed by atoms with Gasteiger partial charge < -0.3 is 15.4 Å². The maximum absolute atomic E-state index is 12.0. The van der Waals surface area contributed by atoms with E-state index in [1.165, 1.54) is 11.3 Å². The maximum Gasteiger partial charge on any atom is 0.341 e. The Kier molecular flexibility index (Phi) is 6.52. The van der Waals surface area contributed by atoms with Gasteiger partial charge in [0.2, 0.25) is 5.91 Å². The smallest absolute Gasteiger partial charge is 0.341 e. The highest BCUT2D eigenvalue weighted by Crippen LogP contribution is 2.24. The van der Waals surface area contributed by atoms with Gasteiger partial charge >= 0.3 is 5.97 Å². The van der Waals surface area contributed by atoms with Crippen LogP contribution in [-0.4, -0.2) is 31.6 Å². The van der Waals surface area contributed by atoms with Gasteiger partial charge in [-0.1, -0.05) is 13.8 Å². The van der Waals surface area contributed by atoms with Crippen molar-refractivity contribution in [3.05, 3.63) is 17.0 Å². The third kappa shape index (κ3) is 4.65. The van der Waals surface area contributed by atoms with E-state index in [0.717, 1.165) is 6.54 Å². The Bertz CT molecular complexity index is 431. The molecule has 1 heterocycles. The molecule has 1 aromatic rings. The maximum atomic E-state index is 12.0. The highest BCUT2D eigenvalue weighted by molar-refractivity contribution is 7.14. The van der Waals surface area contributed by atoms with Gasteiger partial charge in [-0.3, -0.25) is 4.79 Å². The van der Waals surface area contributed by atoms with Crippen molar-refractivity contribution < 1.29 is 14.3 Å². The Labute approximate surface area is 117 Å². The molecule has 106 valence electrons. The Morgan fingerprint density at radius 2 is 2.16 bits per heavy atom. The first-order chi connectivity index (χ1) is 9.10. The summed E-state index contributed by atoms with van der Waals surface area (Å²) in [6.07, 6.45) is 0. The first kappa shape index (κ1) is 15.7. The molecular formula is C13H20N2O3S. The number of hydrogen-bond donors (Lipinski definition) is 2. The van der Waals surface area contributed by atoms with Gasteiger partial charge in [0.05, 0.1) is 12.2 Å². The number of rotatable bonds is 7. The van der Waals surface area contributed by atoms with Crippen molar-refractivity contribution in [3.63, 3.8) is 0 Å². The second kappa shape index (κ2) is 7.91. The molecule has 1 unspecified atom stereocenters. The molecule has 0 saturated heterocycles. The largest absolute Gasteiger partial charge is 0.462 e. The first-order valence-electron chi connectivity index (χ1n) is 6.36. The van der Waals surface area contributed by atoms with E-state index in [1.54, 1.807) is 18.4 Å². The highest BCUT2D eigenvalue weighted by atomic mass is 32.1. The van der Waals surface area contributed by atoms with Crippen LogP contribution in [0.5, 0.6) is 0 Å². The molecule has 0 aliphatic rings. The van der Waals surface area contributed by atoms with Crippen molar-refractivity contribution in [2.75, 3.05) is 25.0 Å². The SMILES string of the molecule is CCNCC(C)C(=O)Nc1sccc1C(=O)OCC. The third-order valence-corrected chi connectivity index (χ3v) is 3.38. The van der Waals surface area contributed by atoms with Crippen molar-refractivity contribution in [2.24, 2.45) is 5.92 Å². The van der Waals surface area contributed by atoms with E-state index in [2.05, 4.69) is 10.6 Å². The van der Waals surface area contributed by atoms with E-state index in [-0.39, 0.29) is 11.8 Å². The lowest BCUT2D eigenvalue weighted by atomic mass is 10.1. The molecule has 1 amide bonds. The summed E-state index contributed by atoms with van der Waals surface area (Å²) in [5, 5.41) is 8.20. The van der Waals surface area contributed by atoms with Gasteiger partial charge in [-0.2, -0.15) is 0 Å². The quantitative estimate of drug-likeness (QED) is 0.753. The third-order valence-electron chi connectivity index (χ3n) is 2.55. The van der Waals surface area contributed by atoms with Crippen LogP contribution in [0.4, 0.5) is 5.00 Å². The summed E-state index contributed by atoms with van der Waals surface area (Å²) in [5.74, 6) is -0.663. The molecule has 0 bridgehead atoms. The van der Waals surface area contributed by atoms with Crippen molar-refractivity contribution in [1.82, 2.24) is 5.32 Å². The number of amides is 1. The van der Waals surface area contributed by atoms with E-state index >= 15 is 0 Å². The summed E-state index contributed by atoms with van der Waals surface area (Å²) in [4.78, 5) is 23.6. The summed E-state index contributed by atoms with van der Waals surface area (Å²) < 4.78 is 4.94. The Balaban J connectivity index is 2.64. The zero-order valence-electron chi connectivity index (χ0n) is 11.5. The number of carbonyl (C=O) groups is 2. The van der Waals surface area contributed by atoms with Gasteiger partial charge in [-0.25, -0.2) is 4.79 Å². The fourth-order valence-corrected chi connectivity index (χ4v) is 2.24. The summed E-state index contributed by atoms with van der Waals surface area (Å²) >= 11 is 1.32. The van der Waals surface area contributed by atoms with Gasteiger partial charge in [0, 0.05) is 12.5 Å². The number of hydrogen-bond acceptors (Lipinski definition) is 5. The first-order valence-corrected chi connectivity index (χ1v) is 7.24. The molecule has 0 aromatic carbocycles. The van der Waals surface area contributed by atoms with E-state index in [0.29, 0.717) is 23.7 Å². The topological polar surface area (TPSA) is 67.4 Å². The molecule has 5 nitrogen and oxygen atoms in total. The standard InChI is InChI=1S/C13H20N2O3S/c1-4-14-8-9(3)11(16)15-12-10(6-7-19-12)13(17)18-5-2/h6-7,9,14H,4-5,8H2,1-3H3,(H,15,16). The fraction of sp³-hybridized carbons (Fsp3) is 0.538. The van der Waals surface area contributed by atoms with Crippen molar-refractivity contribution in [2.45, 2.75) is 20.8 Å². The number of ether oxygens (including phenoxy) is 1. The van der Waals surface area contributed by atoms with Crippen LogP contribution < -0.4 is 10.6 Å². The Morgan fingerprint density at radius 3 is 2.79 bits per heavy atom. The molecule has 1 atom stereocenters. The van der Waals surface area contributed by atoms with Crippen LogP contribution >= 0.6 is 11.3 Å². The molecule has 0 radical (unpaired) electrons. The number of esters is 1. The van der Waals surface area contributed by atoms with Crippen LogP contribution in [0.25, 0.3) is 0 Å². The van der Waals surface area contributed by atoms with Gasteiger partial charge in [0.15, 0.2) is 0 Å². The minimum absolute atomic E-state index is 0.103. The summed E-state index contributed by atoms with van der Waals surface area (Å²) in [6.45, 7) is 7.34. The van der Waals surface area contributed by atoms with Gasteiger partial charge in [-0.15, -0.1) is 11.3 Å². The van der Waals surface area contributed by atoms with E-state index in [9.17, 15) is 9.59 Å². The lowest BCUT2D eigenvalue weighted by molar-refractivity contribution is -0.119. The van der Waals surface area contributed by atoms with Crippen LogP contribution in [0.15, 0.2) is 11.4 Å². The van der Waals surface area contributed by atoms with E-state index in [1.807, 2.05) is 13.8 Å².